The second-order valence-corrected chi connectivity index (χ2v) is 3.90. The number of hydrogen-bond donors (Lipinski definition) is 0. The van der Waals surface area contributed by atoms with E-state index in [1.807, 2.05) is 25.5 Å². The van der Waals surface area contributed by atoms with Crippen LogP contribution >= 0.6 is 11.8 Å². The SMILES string of the molecule is CCC(C#N)Sc1nnc(C)n1C. The maximum absolute atomic E-state index is 8.76. The van der Waals surface area contributed by atoms with E-state index in [0.717, 1.165) is 17.4 Å². The average Bonchev–Trinajstić information content (AvgIpc) is 2.45. The van der Waals surface area contributed by atoms with Gasteiger partial charge < -0.3 is 4.57 Å². The van der Waals surface area contributed by atoms with Gasteiger partial charge in [0, 0.05) is 7.05 Å². The minimum Gasteiger partial charge on any atom is -0.309 e. The van der Waals surface area contributed by atoms with Crippen LogP contribution in [0.3, 0.4) is 0 Å². The summed E-state index contributed by atoms with van der Waals surface area (Å²) in [6.45, 7) is 3.88. The highest BCUT2D eigenvalue weighted by atomic mass is 32.2. The number of nitriles is 1. The summed E-state index contributed by atoms with van der Waals surface area (Å²) in [5, 5.41) is 17.4. The molecule has 70 valence electrons. The fourth-order valence-electron chi connectivity index (χ4n) is 0.819. The van der Waals surface area contributed by atoms with Gasteiger partial charge in [-0.25, -0.2) is 0 Å². The largest absolute Gasteiger partial charge is 0.309 e. The molecule has 5 heteroatoms. The normalized spacial score (nSPS) is 12.5. The number of thioether (sulfide) groups is 1. The second-order valence-electron chi connectivity index (χ2n) is 2.73. The van der Waals surface area contributed by atoms with E-state index in [4.69, 9.17) is 5.26 Å². The summed E-state index contributed by atoms with van der Waals surface area (Å²) in [6.07, 6.45) is 0.826. The third-order valence-electron chi connectivity index (χ3n) is 1.82. The Morgan fingerprint density at radius 3 is 2.69 bits per heavy atom. The van der Waals surface area contributed by atoms with Crippen LogP contribution in [0.1, 0.15) is 19.2 Å². The smallest absolute Gasteiger partial charge is 0.192 e. The molecule has 0 aromatic carbocycles. The predicted octanol–water partition coefficient (Wildman–Crippen LogP) is 1.52. The van der Waals surface area contributed by atoms with Gasteiger partial charge in [-0.05, 0) is 13.3 Å². The zero-order valence-electron chi connectivity index (χ0n) is 7.98. The van der Waals surface area contributed by atoms with Gasteiger partial charge in [0.25, 0.3) is 0 Å². The molecule has 13 heavy (non-hydrogen) atoms. The zero-order valence-corrected chi connectivity index (χ0v) is 8.80. The Morgan fingerprint density at radius 2 is 2.31 bits per heavy atom. The van der Waals surface area contributed by atoms with Crippen molar-refractivity contribution < 1.29 is 0 Å². The summed E-state index contributed by atoms with van der Waals surface area (Å²) in [6, 6.07) is 2.22. The van der Waals surface area contributed by atoms with Crippen molar-refractivity contribution in [1.29, 1.82) is 5.26 Å². The first-order chi connectivity index (χ1) is 6.19. The number of rotatable bonds is 3. The molecule has 1 aromatic rings. The second kappa shape index (κ2) is 4.28. The first-order valence-corrected chi connectivity index (χ1v) is 4.99. The number of aromatic nitrogens is 3. The predicted molar refractivity (Wildman–Crippen MR) is 51.3 cm³/mol. The molecule has 0 bridgehead atoms. The van der Waals surface area contributed by atoms with Crippen LogP contribution in [0.2, 0.25) is 0 Å². The molecule has 0 radical (unpaired) electrons. The Kier molecular flexibility index (Phi) is 3.32. The van der Waals surface area contributed by atoms with E-state index in [2.05, 4.69) is 16.3 Å². The van der Waals surface area contributed by atoms with Gasteiger partial charge in [-0.1, -0.05) is 18.7 Å². The van der Waals surface area contributed by atoms with Gasteiger partial charge in [0.15, 0.2) is 5.16 Å². The van der Waals surface area contributed by atoms with Crippen molar-refractivity contribution in [2.45, 2.75) is 30.7 Å². The highest BCUT2D eigenvalue weighted by molar-refractivity contribution is 8.00. The van der Waals surface area contributed by atoms with Crippen molar-refractivity contribution in [2.24, 2.45) is 7.05 Å². The molecule has 0 saturated carbocycles. The van der Waals surface area contributed by atoms with Gasteiger partial charge in [-0.2, -0.15) is 5.26 Å². The third-order valence-corrected chi connectivity index (χ3v) is 3.10. The fraction of sp³-hybridized carbons (Fsp3) is 0.625. The maximum Gasteiger partial charge on any atom is 0.192 e. The Labute approximate surface area is 82.0 Å². The van der Waals surface area contributed by atoms with E-state index in [1.165, 1.54) is 11.8 Å². The van der Waals surface area contributed by atoms with E-state index in [9.17, 15) is 0 Å². The van der Waals surface area contributed by atoms with Gasteiger partial charge in [-0.15, -0.1) is 10.2 Å². The molecule has 0 N–H and O–H groups in total. The van der Waals surface area contributed by atoms with Crippen molar-refractivity contribution >= 4 is 11.8 Å². The summed E-state index contributed by atoms with van der Waals surface area (Å²) in [7, 11) is 1.90. The van der Waals surface area contributed by atoms with Crippen molar-refractivity contribution in [3.63, 3.8) is 0 Å². The zero-order chi connectivity index (χ0) is 9.84. The van der Waals surface area contributed by atoms with Crippen LogP contribution in [-0.2, 0) is 7.05 Å². The van der Waals surface area contributed by atoms with Crippen LogP contribution in [0.4, 0.5) is 0 Å². The van der Waals surface area contributed by atoms with Crippen molar-refractivity contribution in [2.75, 3.05) is 0 Å². The lowest BCUT2D eigenvalue weighted by atomic mass is 10.4. The number of aryl methyl sites for hydroxylation is 1. The molecule has 0 fully saturated rings. The van der Waals surface area contributed by atoms with Gasteiger partial charge >= 0.3 is 0 Å². The first-order valence-electron chi connectivity index (χ1n) is 4.11. The molecule has 0 amide bonds. The highest BCUT2D eigenvalue weighted by Crippen LogP contribution is 2.22. The van der Waals surface area contributed by atoms with Crippen LogP contribution in [0.5, 0.6) is 0 Å². The molecule has 4 nitrogen and oxygen atoms in total. The molecular formula is C8H12N4S. The van der Waals surface area contributed by atoms with Crippen LogP contribution in [0, 0.1) is 18.3 Å². The van der Waals surface area contributed by atoms with Crippen molar-refractivity contribution in [3.8, 4) is 6.07 Å². The van der Waals surface area contributed by atoms with Gasteiger partial charge in [0.1, 0.15) is 5.82 Å². The summed E-state index contributed by atoms with van der Waals surface area (Å²) >= 11 is 1.46. The summed E-state index contributed by atoms with van der Waals surface area (Å²) in [5.74, 6) is 0.871. The van der Waals surface area contributed by atoms with Gasteiger partial charge in [0.2, 0.25) is 0 Å². The molecule has 0 saturated heterocycles. The Balaban J connectivity index is 2.75. The molecular weight excluding hydrogens is 184 g/mol. The van der Waals surface area contributed by atoms with Crippen molar-refractivity contribution in [1.82, 2.24) is 14.8 Å². The summed E-state index contributed by atoms with van der Waals surface area (Å²) in [5.41, 5.74) is 0. The lowest BCUT2D eigenvalue weighted by molar-refractivity contribution is 0.762. The van der Waals surface area contributed by atoms with Crippen LogP contribution in [0.25, 0.3) is 0 Å². The van der Waals surface area contributed by atoms with Crippen LogP contribution < -0.4 is 0 Å². The Bertz CT molecular complexity index is 325. The number of nitrogens with zero attached hydrogens (tertiary/aromatic N) is 4. The highest BCUT2D eigenvalue weighted by Gasteiger charge is 2.12. The van der Waals surface area contributed by atoms with Gasteiger partial charge in [0.05, 0.1) is 11.3 Å². The maximum atomic E-state index is 8.76. The van der Waals surface area contributed by atoms with E-state index >= 15 is 0 Å². The quantitative estimate of drug-likeness (QED) is 0.688. The molecule has 1 heterocycles. The third kappa shape index (κ3) is 2.22. The van der Waals surface area contributed by atoms with E-state index in [-0.39, 0.29) is 5.25 Å². The molecule has 0 spiro atoms. The number of hydrogen-bond acceptors (Lipinski definition) is 4. The molecule has 1 aromatic heterocycles. The molecule has 0 aliphatic heterocycles. The van der Waals surface area contributed by atoms with E-state index in [0.29, 0.717) is 0 Å². The molecule has 0 aliphatic carbocycles. The Hall–Kier alpha value is -1.02. The van der Waals surface area contributed by atoms with Crippen molar-refractivity contribution in [3.05, 3.63) is 5.82 Å². The van der Waals surface area contributed by atoms with E-state index < -0.39 is 0 Å². The minimum absolute atomic E-state index is 0.0256. The summed E-state index contributed by atoms with van der Waals surface area (Å²) in [4.78, 5) is 0. The standard InChI is InChI=1S/C8H12N4S/c1-4-7(5-9)13-8-11-10-6(2)12(8)3/h7H,4H2,1-3H3. The Morgan fingerprint density at radius 1 is 1.62 bits per heavy atom. The minimum atomic E-state index is -0.0256. The molecule has 1 unspecified atom stereocenters. The van der Waals surface area contributed by atoms with Crippen LogP contribution in [0.15, 0.2) is 5.16 Å². The lowest BCUT2D eigenvalue weighted by Gasteiger charge is -2.04. The fourth-order valence-corrected chi connectivity index (χ4v) is 1.67. The van der Waals surface area contributed by atoms with E-state index in [1.54, 1.807) is 0 Å². The summed E-state index contributed by atoms with van der Waals surface area (Å²) < 4.78 is 1.89. The topological polar surface area (TPSA) is 54.5 Å². The molecule has 1 atom stereocenters. The average molecular weight is 196 g/mol. The first kappa shape index (κ1) is 10.1. The molecule has 0 aliphatic rings. The van der Waals surface area contributed by atoms with Gasteiger partial charge in [-0.3, -0.25) is 0 Å². The van der Waals surface area contributed by atoms with Crippen LogP contribution in [-0.4, -0.2) is 20.0 Å². The monoisotopic (exact) mass is 196 g/mol. The lowest BCUT2D eigenvalue weighted by Crippen LogP contribution is -2.00. The molecule has 1 rings (SSSR count).